The molecule has 6 heteroatoms. The molecule has 1 saturated carbocycles. The molecular formula is C21H26N4O2. The van der Waals surface area contributed by atoms with Gasteiger partial charge in [0.2, 0.25) is 5.91 Å². The zero-order valence-electron chi connectivity index (χ0n) is 15.6. The van der Waals surface area contributed by atoms with Crippen LogP contribution in [0.4, 0.5) is 17.2 Å². The molecule has 2 aromatic rings. The fraction of sp³-hybridized carbons (Fsp3) is 0.381. The van der Waals surface area contributed by atoms with Gasteiger partial charge in [0, 0.05) is 30.5 Å². The van der Waals surface area contributed by atoms with Crippen molar-refractivity contribution in [3.63, 3.8) is 0 Å². The first-order valence-electron chi connectivity index (χ1n) is 9.52. The number of rotatable bonds is 5. The smallest absolute Gasteiger partial charge is 0.253 e. The normalized spacial score (nSPS) is 14.9. The number of hydrogen-bond donors (Lipinski definition) is 3. The SMILES string of the molecule is CC(=O)Nc1cccc(Nc2ccc(C(=O)NC3CCCCCC3)cn2)c1. The van der Waals surface area contributed by atoms with Gasteiger partial charge in [0.25, 0.3) is 5.91 Å². The molecule has 1 heterocycles. The van der Waals surface area contributed by atoms with Gasteiger partial charge in [-0.1, -0.05) is 31.7 Å². The van der Waals surface area contributed by atoms with E-state index in [0.29, 0.717) is 17.1 Å². The van der Waals surface area contributed by atoms with Crippen molar-refractivity contribution in [2.45, 2.75) is 51.5 Å². The maximum Gasteiger partial charge on any atom is 0.253 e. The first-order valence-corrected chi connectivity index (χ1v) is 9.52. The summed E-state index contributed by atoms with van der Waals surface area (Å²) in [5.41, 5.74) is 2.09. The first kappa shape index (κ1) is 18.9. The van der Waals surface area contributed by atoms with Gasteiger partial charge in [-0.25, -0.2) is 4.98 Å². The summed E-state index contributed by atoms with van der Waals surface area (Å²) in [6.07, 6.45) is 8.60. The van der Waals surface area contributed by atoms with Gasteiger partial charge < -0.3 is 16.0 Å². The predicted octanol–water partition coefficient (Wildman–Crippen LogP) is 4.24. The fourth-order valence-corrected chi connectivity index (χ4v) is 3.32. The molecule has 0 bridgehead atoms. The molecule has 3 rings (SSSR count). The lowest BCUT2D eigenvalue weighted by molar-refractivity contribution is -0.114. The summed E-state index contributed by atoms with van der Waals surface area (Å²) in [6, 6.07) is 11.2. The molecule has 1 aliphatic carbocycles. The number of nitrogens with zero attached hydrogens (tertiary/aromatic N) is 1. The number of hydrogen-bond acceptors (Lipinski definition) is 4. The van der Waals surface area contributed by atoms with Crippen molar-refractivity contribution in [1.82, 2.24) is 10.3 Å². The molecule has 6 nitrogen and oxygen atoms in total. The van der Waals surface area contributed by atoms with Crippen LogP contribution in [0.15, 0.2) is 42.6 Å². The molecule has 142 valence electrons. The van der Waals surface area contributed by atoms with Crippen LogP contribution in [0.1, 0.15) is 55.8 Å². The van der Waals surface area contributed by atoms with E-state index in [1.165, 1.54) is 32.6 Å². The van der Waals surface area contributed by atoms with E-state index in [2.05, 4.69) is 20.9 Å². The number of pyridine rings is 1. The molecule has 0 saturated heterocycles. The predicted molar refractivity (Wildman–Crippen MR) is 107 cm³/mol. The summed E-state index contributed by atoms with van der Waals surface area (Å²) in [7, 11) is 0. The van der Waals surface area contributed by atoms with Crippen LogP contribution < -0.4 is 16.0 Å². The van der Waals surface area contributed by atoms with Gasteiger partial charge in [0.05, 0.1) is 5.56 Å². The number of carbonyl (C=O) groups excluding carboxylic acids is 2. The van der Waals surface area contributed by atoms with Crippen LogP contribution in [0.25, 0.3) is 0 Å². The fourth-order valence-electron chi connectivity index (χ4n) is 3.32. The quantitative estimate of drug-likeness (QED) is 0.691. The summed E-state index contributed by atoms with van der Waals surface area (Å²) in [6.45, 7) is 1.47. The zero-order chi connectivity index (χ0) is 19.1. The number of anilines is 3. The molecule has 0 radical (unpaired) electrons. The van der Waals surface area contributed by atoms with E-state index in [4.69, 9.17) is 0 Å². The van der Waals surface area contributed by atoms with Crippen LogP contribution in [0, 0.1) is 0 Å². The van der Waals surface area contributed by atoms with Crippen LogP contribution in [-0.4, -0.2) is 22.8 Å². The highest BCUT2D eigenvalue weighted by Crippen LogP contribution is 2.20. The van der Waals surface area contributed by atoms with Crippen molar-refractivity contribution in [1.29, 1.82) is 0 Å². The molecule has 0 unspecified atom stereocenters. The Labute approximate surface area is 159 Å². The second-order valence-corrected chi connectivity index (χ2v) is 6.98. The van der Waals surface area contributed by atoms with Crippen LogP contribution in [0.5, 0.6) is 0 Å². The number of benzene rings is 1. The second kappa shape index (κ2) is 9.16. The summed E-state index contributed by atoms with van der Waals surface area (Å²) in [5, 5.41) is 9.06. The summed E-state index contributed by atoms with van der Waals surface area (Å²) in [5.74, 6) is 0.462. The van der Waals surface area contributed by atoms with Gasteiger partial charge in [-0.15, -0.1) is 0 Å². The molecule has 3 N–H and O–H groups in total. The second-order valence-electron chi connectivity index (χ2n) is 6.98. The summed E-state index contributed by atoms with van der Waals surface area (Å²) >= 11 is 0. The van der Waals surface area contributed by atoms with Crippen LogP contribution in [0.2, 0.25) is 0 Å². The van der Waals surface area contributed by atoms with E-state index in [1.807, 2.05) is 24.3 Å². The number of aromatic nitrogens is 1. The third kappa shape index (κ3) is 5.81. The van der Waals surface area contributed by atoms with E-state index in [0.717, 1.165) is 18.5 Å². The average molecular weight is 366 g/mol. The van der Waals surface area contributed by atoms with E-state index in [-0.39, 0.29) is 17.9 Å². The van der Waals surface area contributed by atoms with Gasteiger partial charge >= 0.3 is 0 Å². The van der Waals surface area contributed by atoms with E-state index in [1.54, 1.807) is 18.3 Å². The average Bonchev–Trinajstić information content (AvgIpc) is 2.91. The lowest BCUT2D eigenvalue weighted by Gasteiger charge is -2.16. The Bertz CT molecular complexity index is 781. The van der Waals surface area contributed by atoms with Crippen LogP contribution in [-0.2, 0) is 4.79 Å². The summed E-state index contributed by atoms with van der Waals surface area (Å²) < 4.78 is 0. The van der Waals surface area contributed by atoms with Crippen molar-refractivity contribution in [2.24, 2.45) is 0 Å². The minimum atomic E-state index is -0.116. The Hall–Kier alpha value is -2.89. The Morgan fingerprint density at radius 1 is 1.00 bits per heavy atom. The molecule has 1 aliphatic rings. The van der Waals surface area contributed by atoms with Crippen LogP contribution >= 0.6 is 0 Å². The van der Waals surface area contributed by atoms with Crippen molar-refractivity contribution in [3.8, 4) is 0 Å². The zero-order valence-corrected chi connectivity index (χ0v) is 15.6. The molecular weight excluding hydrogens is 340 g/mol. The molecule has 1 fully saturated rings. The summed E-state index contributed by atoms with van der Waals surface area (Å²) in [4.78, 5) is 27.9. The van der Waals surface area contributed by atoms with Gasteiger partial charge in [-0.3, -0.25) is 9.59 Å². The van der Waals surface area contributed by atoms with Gasteiger partial charge in [0.15, 0.2) is 0 Å². The van der Waals surface area contributed by atoms with Crippen molar-refractivity contribution in [2.75, 3.05) is 10.6 Å². The van der Waals surface area contributed by atoms with E-state index in [9.17, 15) is 9.59 Å². The Morgan fingerprint density at radius 3 is 2.41 bits per heavy atom. The number of carbonyl (C=O) groups is 2. The lowest BCUT2D eigenvalue weighted by Crippen LogP contribution is -2.34. The maximum absolute atomic E-state index is 12.4. The first-order chi connectivity index (χ1) is 13.1. The molecule has 0 aliphatic heterocycles. The Morgan fingerprint density at radius 2 is 1.74 bits per heavy atom. The number of amides is 2. The highest BCUT2D eigenvalue weighted by Gasteiger charge is 2.16. The third-order valence-corrected chi connectivity index (χ3v) is 4.67. The van der Waals surface area contributed by atoms with Crippen molar-refractivity contribution >= 4 is 29.0 Å². The van der Waals surface area contributed by atoms with Gasteiger partial charge in [-0.2, -0.15) is 0 Å². The Balaban J connectivity index is 1.59. The standard InChI is InChI=1S/C21H26N4O2/c1-15(26)23-18-9-6-10-19(13-18)24-20-12-11-16(14-22-20)21(27)25-17-7-4-2-3-5-8-17/h6,9-14,17H,2-5,7-8H2,1H3,(H,22,24)(H,23,26)(H,25,27). The molecule has 1 aromatic heterocycles. The van der Waals surface area contributed by atoms with Crippen molar-refractivity contribution < 1.29 is 9.59 Å². The molecule has 0 atom stereocenters. The minimum Gasteiger partial charge on any atom is -0.349 e. The maximum atomic E-state index is 12.4. The van der Waals surface area contributed by atoms with Gasteiger partial charge in [0.1, 0.15) is 5.82 Å². The minimum absolute atomic E-state index is 0.0615. The molecule has 27 heavy (non-hydrogen) atoms. The molecule has 1 aromatic carbocycles. The number of nitrogens with one attached hydrogen (secondary N) is 3. The highest BCUT2D eigenvalue weighted by molar-refractivity contribution is 5.94. The largest absolute Gasteiger partial charge is 0.349 e. The monoisotopic (exact) mass is 366 g/mol. The molecule has 0 spiro atoms. The van der Waals surface area contributed by atoms with E-state index < -0.39 is 0 Å². The van der Waals surface area contributed by atoms with Crippen molar-refractivity contribution in [3.05, 3.63) is 48.2 Å². The van der Waals surface area contributed by atoms with Gasteiger partial charge in [-0.05, 0) is 43.2 Å². The lowest BCUT2D eigenvalue weighted by atomic mass is 10.1. The molecule has 2 amide bonds. The third-order valence-electron chi connectivity index (χ3n) is 4.67. The highest BCUT2D eigenvalue weighted by atomic mass is 16.2. The van der Waals surface area contributed by atoms with Crippen LogP contribution in [0.3, 0.4) is 0 Å². The van der Waals surface area contributed by atoms with E-state index >= 15 is 0 Å². The Kier molecular flexibility index (Phi) is 6.41. The topological polar surface area (TPSA) is 83.1 Å².